The number of primary amides is 1. The van der Waals surface area contributed by atoms with Gasteiger partial charge in [0.1, 0.15) is 6.04 Å². The van der Waals surface area contributed by atoms with E-state index in [4.69, 9.17) is 10.5 Å². The van der Waals surface area contributed by atoms with Crippen LogP contribution in [-0.4, -0.2) is 47.4 Å². The van der Waals surface area contributed by atoms with Crippen molar-refractivity contribution in [2.75, 3.05) is 6.54 Å². The molecule has 7 nitrogen and oxygen atoms in total. The second-order valence-corrected chi connectivity index (χ2v) is 11.1. The van der Waals surface area contributed by atoms with Crippen molar-refractivity contribution >= 4 is 17.7 Å². The molecule has 2 unspecified atom stereocenters. The van der Waals surface area contributed by atoms with Crippen molar-refractivity contribution in [3.05, 3.63) is 35.9 Å². The molecular formula is C28H41N3O4. The first-order valence-corrected chi connectivity index (χ1v) is 13.3. The summed E-state index contributed by atoms with van der Waals surface area (Å²) < 4.78 is 6.14. The van der Waals surface area contributed by atoms with E-state index >= 15 is 0 Å². The Morgan fingerprint density at radius 1 is 1.23 bits per heavy atom. The Bertz CT molecular complexity index is 920. The molecule has 2 aliphatic heterocycles. The van der Waals surface area contributed by atoms with Gasteiger partial charge in [0.2, 0.25) is 17.7 Å². The van der Waals surface area contributed by atoms with Crippen molar-refractivity contribution in [1.82, 2.24) is 10.2 Å². The standard InChI is InChI=1S/C28H41N3O4/c1-4-9-22(25(29)32)28(15-23(28)18(2)3)27(34)30-24-13-8-12-20-14-21(16-31(20)26(24)33)35-17-19-10-6-5-7-11-19/h5-7,10-11,18,20-24H,4,8-9,12-17H2,1-3H3,(H2,29,32)(H,30,34)/t20-,21-,22-,23?,24+,28?/m1/s1. The van der Waals surface area contributed by atoms with Gasteiger partial charge >= 0.3 is 0 Å². The molecule has 3 amide bonds. The minimum atomic E-state index is -0.783. The van der Waals surface area contributed by atoms with Crippen molar-refractivity contribution in [3.63, 3.8) is 0 Å². The van der Waals surface area contributed by atoms with Crippen molar-refractivity contribution in [1.29, 1.82) is 0 Å². The van der Waals surface area contributed by atoms with Crippen LogP contribution in [0, 0.1) is 23.2 Å². The summed E-state index contributed by atoms with van der Waals surface area (Å²) in [7, 11) is 0. The monoisotopic (exact) mass is 483 g/mol. The summed E-state index contributed by atoms with van der Waals surface area (Å²) >= 11 is 0. The smallest absolute Gasteiger partial charge is 0.245 e. The number of amides is 3. The molecule has 192 valence electrons. The summed E-state index contributed by atoms with van der Waals surface area (Å²) in [4.78, 5) is 41.5. The molecule has 0 spiro atoms. The molecule has 0 radical (unpaired) electrons. The molecule has 1 saturated carbocycles. The van der Waals surface area contributed by atoms with Gasteiger partial charge in [-0.2, -0.15) is 0 Å². The van der Waals surface area contributed by atoms with Crippen molar-refractivity contribution < 1.29 is 19.1 Å². The van der Waals surface area contributed by atoms with Crippen molar-refractivity contribution in [2.45, 2.75) is 90.5 Å². The summed E-state index contributed by atoms with van der Waals surface area (Å²) in [6, 6.07) is 9.66. The predicted molar refractivity (Wildman–Crippen MR) is 134 cm³/mol. The fourth-order valence-corrected chi connectivity index (χ4v) is 6.53. The second kappa shape index (κ2) is 10.7. The highest BCUT2D eigenvalue weighted by Gasteiger charge is 2.66. The SMILES string of the molecule is CCC[C@H](C(N)=O)C1(C(=O)N[C@H]2CCC[C@@H]3C[C@@H](OCc4ccccc4)CN3C2=O)CC1C(C)C. The quantitative estimate of drug-likeness (QED) is 0.532. The number of ether oxygens (including phenoxy) is 1. The highest BCUT2D eigenvalue weighted by molar-refractivity contribution is 5.96. The normalized spacial score (nSPS) is 31.1. The molecule has 7 heteroatoms. The third-order valence-electron chi connectivity index (χ3n) is 8.45. The molecule has 3 fully saturated rings. The lowest BCUT2D eigenvalue weighted by Gasteiger charge is -2.30. The van der Waals surface area contributed by atoms with Gasteiger partial charge < -0.3 is 20.7 Å². The van der Waals surface area contributed by atoms with E-state index in [9.17, 15) is 14.4 Å². The Labute approximate surface area is 209 Å². The zero-order valence-corrected chi connectivity index (χ0v) is 21.4. The van der Waals surface area contributed by atoms with Crippen LogP contribution in [-0.2, 0) is 25.7 Å². The average molecular weight is 484 g/mol. The third kappa shape index (κ3) is 5.25. The van der Waals surface area contributed by atoms with E-state index in [0.717, 1.165) is 31.2 Å². The van der Waals surface area contributed by atoms with Gasteiger partial charge in [0.25, 0.3) is 0 Å². The summed E-state index contributed by atoms with van der Waals surface area (Å²) in [6.07, 6.45) is 5.30. The number of hydrogen-bond acceptors (Lipinski definition) is 4. The lowest BCUT2D eigenvalue weighted by molar-refractivity contribution is -0.141. The highest BCUT2D eigenvalue weighted by Crippen LogP contribution is 2.62. The van der Waals surface area contributed by atoms with E-state index in [0.29, 0.717) is 32.4 Å². The first-order chi connectivity index (χ1) is 16.8. The fraction of sp³-hybridized carbons (Fsp3) is 0.679. The van der Waals surface area contributed by atoms with Gasteiger partial charge in [0, 0.05) is 12.6 Å². The molecule has 3 aliphatic rings. The Hall–Kier alpha value is -2.41. The zero-order chi connectivity index (χ0) is 25.2. The molecule has 3 N–H and O–H groups in total. The first kappa shape index (κ1) is 25.7. The number of nitrogens with one attached hydrogen (secondary N) is 1. The van der Waals surface area contributed by atoms with Gasteiger partial charge in [0.05, 0.1) is 24.0 Å². The van der Waals surface area contributed by atoms with Crippen LogP contribution in [0.15, 0.2) is 30.3 Å². The predicted octanol–water partition coefficient (Wildman–Crippen LogP) is 3.41. The minimum Gasteiger partial charge on any atom is -0.372 e. The molecule has 2 heterocycles. The molecule has 1 aromatic rings. The van der Waals surface area contributed by atoms with Gasteiger partial charge in [-0.1, -0.05) is 57.5 Å². The number of carbonyl (C=O) groups excluding carboxylic acids is 3. The maximum absolute atomic E-state index is 13.7. The van der Waals surface area contributed by atoms with Gasteiger partial charge in [-0.05, 0) is 55.9 Å². The van der Waals surface area contributed by atoms with Crippen molar-refractivity contribution in [2.24, 2.45) is 28.9 Å². The van der Waals surface area contributed by atoms with Crippen LogP contribution in [0.4, 0.5) is 0 Å². The maximum Gasteiger partial charge on any atom is 0.245 e. The number of hydrogen-bond donors (Lipinski definition) is 2. The zero-order valence-electron chi connectivity index (χ0n) is 21.4. The molecule has 4 rings (SSSR count). The lowest BCUT2D eigenvalue weighted by Crippen LogP contribution is -2.52. The molecule has 0 bridgehead atoms. The van der Waals surface area contributed by atoms with Crippen LogP contribution in [0.25, 0.3) is 0 Å². The first-order valence-electron chi connectivity index (χ1n) is 13.3. The molecular weight excluding hydrogens is 442 g/mol. The molecule has 6 atom stereocenters. The summed E-state index contributed by atoms with van der Waals surface area (Å²) in [6.45, 7) is 7.27. The van der Waals surface area contributed by atoms with Gasteiger partial charge in [-0.3, -0.25) is 14.4 Å². The number of rotatable bonds is 10. The lowest BCUT2D eigenvalue weighted by atomic mass is 9.79. The second-order valence-electron chi connectivity index (χ2n) is 11.1. The van der Waals surface area contributed by atoms with Crippen LogP contribution in [0.5, 0.6) is 0 Å². The summed E-state index contributed by atoms with van der Waals surface area (Å²) in [5.74, 6) is -0.694. The number of carbonyl (C=O) groups is 3. The number of nitrogens with zero attached hydrogens (tertiary/aromatic N) is 1. The molecule has 1 aromatic carbocycles. The van der Waals surface area contributed by atoms with Crippen LogP contribution < -0.4 is 11.1 Å². The Morgan fingerprint density at radius 2 is 1.97 bits per heavy atom. The van der Waals surface area contributed by atoms with Crippen LogP contribution in [0.2, 0.25) is 0 Å². The fourth-order valence-electron chi connectivity index (χ4n) is 6.53. The van der Waals surface area contributed by atoms with Gasteiger partial charge in [-0.25, -0.2) is 0 Å². The Kier molecular flexibility index (Phi) is 7.84. The van der Waals surface area contributed by atoms with Crippen LogP contribution in [0.1, 0.15) is 71.3 Å². The van der Waals surface area contributed by atoms with E-state index in [1.165, 1.54) is 0 Å². The van der Waals surface area contributed by atoms with E-state index in [2.05, 4.69) is 19.2 Å². The van der Waals surface area contributed by atoms with E-state index in [1.807, 2.05) is 42.2 Å². The van der Waals surface area contributed by atoms with Crippen LogP contribution in [0.3, 0.4) is 0 Å². The Balaban J connectivity index is 1.42. The minimum absolute atomic E-state index is 0.00231. The molecule has 35 heavy (non-hydrogen) atoms. The number of benzene rings is 1. The maximum atomic E-state index is 13.7. The Morgan fingerprint density at radius 3 is 2.60 bits per heavy atom. The van der Waals surface area contributed by atoms with Gasteiger partial charge in [0.15, 0.2) is 0 Å². The van der Waals surface area contributed by atoms with E-state index < -0.39 is 23.3 Å². The summed E-state index contributed by atoms with van der Waals surface area (Å²) in [5, 5.41) is 3.10. The highest BCUT2D eigenvalue weighted by atomic mass is 16.5. The van der Waals surface area contributed by atoms with Crippen LogP contribution >= 0.6 is 0 Å². The summed E-state index contributed by atoms with van der Waals surface area (Å²) in [5.41, 5.74) is 6.12. The van der Waals surface area contributed by atoms with Gasteiger partial charge in [-0.15, -0.1) is 0 Å². The third-order valence-corrected chi connectivity index (χ3v) is 8.45. The van der Waals surface area contributed by atoms with E-state index in [1.54, 1.807) is 0 Å². The molecule has 2 saturated heterocycles. The van der Waals surface area contributed by atoms with Crippen molar-refractivity contribution in [3.8, 4) is 0 Å². The topological polar surface area (TPSA) is 102 Å². The molecule has 0 aromatic heterocycles. The molecule has 1 aliphatic carbocycles. The number of nitrogens with two attached hydrogens (primary N) is 1. The largest absolute Gasteiger partial charge is 0.372 e. The average Bonchev–Trinajstić information content (AvgIpc) is 3.50. The van der Waals surface area contributed by atoms with E-state index in [-0.39, 0.29) is 35.8 Å². The number of fused-ring (bicyclic) bond motifs is 1.